The van der Waals surface area contributed by atoms with Crippen molar-refractivity contribution in [3.63, 3.8) is 0 Å². The summed E-state index contributed by atoms with van der Waals surface area (Å²) in [5.41, 5.74) is 1.71. The molecule has 0 spiro atoms. The Hall–Kier alpha value is -3.84. The van der Waals surface area contributed by atoms with Crippen LogP contribution < -0.4 is 18.9 Å². The summed E-state index contributed by atoms with van der Waals surface area (Å²) in [6.07, 6.45) is 0.370. The summed E-state index contributed by atoms with van der Waals surface area (Å²) in [6, 6.07) is 17.6. The van der Waals surface area contributed by atoms with Crippen LogP contribution in [0.4, 0.5) is 0 Å². The highest BCUT2D eigenvalue weighted by atomic mass is 35.5. The Labute approximate surface area is 208 Å². The molecule has 8 heteroatoms. The Morgan fingerprint density at radius 3 is 1.86 bits per heavy atom. The number of methoxy groups -OCH3 is 2. The van der Waals surface area contributed by atoms with Gasteiger partial charge >= 0.3 is 0 Å². The monoisotopic (exact) mass is 496 g/mol. The van der Waals surface area contributed by atoms with Gasteiger partial charge in [0.25, 0.3) is 0 Å². The summed E-state index contributed by atoms with van der Waals surface area (Å²) < 4.78 is 22.3. The molecule has 0 saturated carbocycles. The molecule has 0 heterocycles. The molecule has 0 saturated heterocycles. The Morgan fingerprint density at radius 1 is 0.800 bits per heavy atom. The van der Waals surface area contributed by atoms with E-state index in [2.05, 4.69) is 0 Å². The van der Waals surface area contributed by atoms with E-state index in [0.717, 1.165) is 16.9 Å². The summed E-state index contributed by atoms with van der Waals surface area (Å²) in [6.45, 7) is 0.351. The fourth-order valence-electron chi connectivity index (χ4n) is 3.18. The number of ketones is 2. The maximum absolute atomic E-state index is 12.6. The van der Waals surface area contributed by atoms with E-state index in [1.54, 1.807) is 32.4 Å². The number of benzene rings is 3. The van der Waals surface area contributed by atoms with E-state index in [9.17, 15) is 14.4 Å². The number of carbonyl (C=O) groups excluding carboxylic acids is 3. The van der Waals surface area contributed by atoms with Gasteiger partial charge in [-0.3, -0.25) is 9.59 Å². The van der Waals surface area contributed by atoms with Gasteiger partial charge in [0.05, 0.1) is 19.2 Å². The van der Waals surface area contributed by atoms with Crippen molar-refractivity contribution in [1.82, 2.24) is 0 Å². The normalized spacial score (nSPS) is 10.4. The van der Waals surface area contributed by atoms with Gasteiger partial charge in [-0.15, -0.1) is 0 Å². The van der Waals surface area contributed by atoms with Crippen LogP contribution in [0.2, 0.25) is 5.02 Å². The van der Waals surface area contributed by atoms with E-state index in [-0.39, 0.29) is 42.4 Å². The van der Waals surface area contributed by atoms with Crippen molar-refractivity contribution < 1.29 is 33.3 Å². The molecule has 0 aliphatic heterocycles. The van der Waals surface area contributed by atoms with Gasteiger partial charge in [0.15, 0.2) is 11.5 Å². The van der Waals surface area contributed by atoms with E-state index in [0.29, 0.717) is 17.8 Å². The van der Waals surface area contributed by atoms with Crippen molar-refractivity contribution in [2.24, 2.45) is 0 Å². The Balaban J connectivity index is 1.86. The predicted octanol–water partition coefficient (Wildman–Crippen LogP) is 5.25. The predicted molar refractivity (Wildman–Crippen MR) is 131 cm³/mol. The Bertz CT molecular complexity index is 1170. The minimum absolute atomic E-state index is 0.0101. The average molecular weight is 497 g/mol. The molecule has 0 aliphatic rings. The highest BCUT2D eigenvalue weighted by molar-refractivity contribution is 6.48. The molecule has 0 N–H and O–H groups in total. The van der Waals surface area contributed by atoms with Crippen molar-refractivity contribution in [3.05, 3.63) is 82.4 Å². The lowest BCUT2D eigenvalue weighted by atomic mass is 10.0. The lowest BCUT2D eigenvalue weighted by molar-refractivity contribution is -0.117. The van der Waals surface area contributed by atoms with Gasteiger partial charge in [0.1, 0.15) is 31.0 Å². The molecule has 0 bridgehead atoms. The molecule has 3 aromatic carbocycles. The highest BCUT2D eigenvalue weighted by Crippen LogP contribution is 2.39. The summed E-state index contributed by atoms with van der Waals surface area (Å²) in [5, 5.41) is -0.0322. The molecule has 35 heavy (non-hydrogen) atoms. The quantitative estimate of drug-likeness (QED) is 0.181. The van der Waals surface area contributed by atoms with E-state index in [4.69, 9.17) is 30.5 Å². The first-order valence-electron chi connectivity index (χ1n) is 10.8. The first kappa shape index (κ1) is 25.8. The molecule has 0 amide bonds. The zero-order valence-corrected chi connectivity index (χ0v) is 20.2. The highest BCUT2D eigenvalue weighted by Gasteiger charge is 2.24. The van der Waals surface area contributed by atoms with Gasteiger partial charge in [-0.05, 0) is 47.5 Å². The number of rotatable bonds is 13. The van der Waals surface area contributed by atoms with Crippen molar-refractivity contribution in [2.75, 3.05) is 14.2 Å². The second-order valence-electron chi connectivity index (χ2n) is 7.49. The second kappa shape index (κ2) is 12.6. The molecule has 7 nitrogen and oxygen atoms in total. The lowest BCUT2D eigenvalue weighted by Crippen LogP contribution is -2.15. The first-order valence-corrected chi connectivity index (χ1v) is 11.2. The van der Waals surface area contributed by atoms with Crippen LogP contribution in [0.1, 0.15) is 34.3 Å². The Kier molecular flexibility index (Phi) is 9.26. The van der Waals surface area contributed by atoms with Crippen LogP contribution in [0.15, 0.2) is 60.7 Å². The maximum Gasteiger partial charge on any atom is 0.230 e. The molecular formula is C27H25ClO7. The molecule has 0 unspecified atom stereocenters. The Morgan fingerprint density at radius 2 is 1.34 bits per heavy atom. The summed E-state index contributed by atoms with van der Waals surface area (Å²) >= 11 is 6.54. The zero-order valence-electron chi connectivity index (χ0n) is 19.4. The van der Waals surface area contributed by atoms with Crippen LogP contribution in [-0.2, 0) is 22.8 Å². The van der Waals surface area contributed by atoms with Crippen LogP contribution >= 0.6 is 11.6 Å². The zero-order chi connectivity index (χ0) is 25.2. The molecule has 0 fully saturated rings. The number of hydrogen-bond donors (Lipinski definition) is 0. The van der Waals surface area contributed by atoms with Crippen molar-refractivity contribution >= 4 is 29.5 Å². The van der Waals surface area contributed by atoms with Crippen molar-refractivity contribution in [2.45, 2.75) is 26.1 Å². The summed E-state index contributed by atoms with van der Waals surface area (Å²) in [7, 11) is 3.17. The van der Waals surface area contributed by atoms with Gasteiger partial charge in [-0.25, -0.2) is 0 Å². The molecule has 0 aliphatic carbocycles. The SMILES string of the molecule is COc1ccc(COc2ccc(C(=O)C(=O)CCC=O)c(Cl)c2OCc2ccc(OC)cc2)cc1. The van der Waals surface area contributed by atoms with E-state index < -0.39 is 11.6 Å². The minimum Gasteiger partial charge on any atom is -0.497 e. The molecule has 3 rings (SSSR count). The molecule has 0 aromatic heterocycles. The van der Waals surface area contributed by atoms with Crippen LogP contribution in [0.3, 0.4) is 0 Å². The minimum atomic E-state index is -0.784. The van der Waals surface area contributed by atoms with E-state index in [1.165, 1.54) is 6.07 Å². The summed E-state index contributed by atoms with van der Waals surface area (Å²) in [5.74, 6) is 0.403. The maximum atomic E-state index is 12.6. The third-order valence-electron chi connectivity index (χ3n) is 5.14. The van der Waals surface area contributed by atoms with E-state index >= 15 is 0 Å². The summed E-state index contributed by atoms with van der Waals surface area (Å²) in [4.78, 5) is 35.4. The van der Waals surface area contributed by atoms with Gasteiger partial charge in [0.2, 0.25) is 11.6 Å². The number of carbonyl (C=O) groups is 3. The van der Waals surface area contributed by atoms with Crippen LogP contribution in [0.25, 0.3) is 0 Å². The van der Waals surface area contributed by atoms with Crippen molar-refractivity contribution in [1.29, 1.82) is 0 Å². The molecule has 0 atom stereocenters. The van der Waals surface area contributed by atoms with Crippen LogP contribution in [0.5, 0.6) is 23.0 Å². The van der Waals surface area contributed by atoms with Crippen LogP contribution in [-0.4, -0.2) is 32.1 Å². The molecule has 3 aromatic rings. The van der Waals surface area contributed by atoms with Crippen molar-refractivity contribution in [3.8, 4) is 23.0 Å². The third-order valence-corrected chi connectivity index (χ3v) is 5.52. The van der Waals surface area contributed by atoms with Crippen LogP contribution in [0, 0.1) is 0 Å². The second-order valence-corrected chi connectivity index (χ2v) is 7.86. The van der Waals surface area contributed by atoms with Gasteiger partial charge in [-0.2, -0.15) is 0 Å². The van der Waals surface area contributed by atoms with Gasteiger partial charge in [0, 0.05) is 18.4 Å². The number of hydrogen-bond acceptors (Lipinski definition) is 7. The van der Waals surface area contributed by atoms with Gasteiger partial charge in [-0.1, -0.05) is 35.9 Å². The third kappa shape index (κ3) is 6.83. The largest absolute Gasteiger partial charge is 0.497 e. The smallest absolute Gasteiger partial charge is 0.230 e. The first-order chi connectivity index (χ1) is 17.0. The van der Waals surface area contributed by atoms with E-state index in [1.807, 2.05) is 36.4 Å². The van der Waals surface area contributed by atoms with Gasteiger partial charge < -0.3 is 23.7 Å². The lowest BCUT2D eigenvalue weighted by Gasteiger charge is -2.16. The number of ether oxygens (including phenoxy) is 4. The fraction of sp³-hybridized carbons (Fsp3) is 0.222. The molecule has 182 valence electrons. The number of halogens is 1. The standard InChI is InChI=1S/C27H25ClO7/c1-32-20-9-5-18(6-10-20)16-34-24-14-13-22(26(31)23(30)4-3-15-29)25(28)27(24)35-17-19-7-11-21(33-2)12-8-19/h5-15H,3-4,16-17H2,1-2H3. The number of aldehydes is 1. The topological polar surface area (TPSA) is 88.1 Å². The number of Topliss-reactive ketones (excluding diaryl/α,β-unsaturated/α-hetero) is 2. The fourth-order valence-corrected chi connectivity index (χ4v) is 3.47. The average Bonchev–Trinajstić information content (AvgIpc) is 2.90. The molecular weight excluding hydrogens is 472 g/mol. The molecule has 0 radical (unpaired) electrons.